The van der Waals surface area contributed by atoms with Crippen molar-refractivity contribution < 1.29 is 4.74 Å². The molecule has 0 saturated carbocycles. The number of aromatic amines is 1. The maximum absolute atomic E-state index is 5.73. The van der Waals surface area contributed by atoms with Gasteiger partial charge in [0.15, 0.2) is 0 Å². The van der Waals surface area contributed by atoms with E-state index in [2.05, 4.69) is 25.9 Å². The van der Waals surface area contributed by atoms with Gasteiger partial charge in [0, 0.05) is 5.33 Å². The molecule has 0 fully saturated rings. The average molecular weight is 317 g/mol. The first kappa shape index (κ1) is 12.2. The lowest BCUT2D eigenvalue weighted by molar-refractivity contribution is 0.346. The first-order chi connectivity index (χ1) is 9.38. The Hall–Kier alpha value is -1.81. The van der Waals surface area contributed by atoms with E-state index in [0.717, 1.165) is 33.5 Å². The van der Waals surface area contributed by atoms with Gasteiger partial charge in [-0.3, -0.25) is 0 Å². The molecule has 0 amide bonds. The third-order valence-electron chi connectivity index (χ3n) is 2.87. The standard InChI is InChI=1S/C15H13BrN2O/c16-9-10-19-14-8-4-1-5-11(14)15-17-12-6-2-3-7-13(12)18-15/h1-8H,9-10H2,(H,17,18). The summed E-state index contributed by atoms with van der Waals surface area (Å²) in [6, 6.07) is 15.9. The highest BCUT2D eigenvalue weighted by Crippen LogP contribution is 2.29. The van der Waals surface area contributed by atoms with Crippen LogP contribution in [0.5, 0.6) is 5.75 Å². The zero-order valence-corrected chi connectivity index (χ0v) is 11.9. The van der Waals surface area contributed by atoms with E-state index in [0.29, 0.717) is 6.61 Å². The Morgan fingerprint density at radius 3 is 2.68 bits per heavy atom. The van der Waals surface area contributed by atoms with Crippen LogP contribution in [0.25, 0.3) is 22.4 Å². The number of fused-ring (bicyclic) bond motifs is 1. The highest BCUT2D eigenvalue weighted by molar-refractivity contribution is 9.09. The second kappa shape index (κ2) is 5.45. The van der Waals surface area contributed by atoms with Crippen molar-refractivity contribution in [1.82, 2.24) is 9.97 Å². The molecular weight excluding hydrogens is 304 g/mol. The molecule has 0 aliphatic rings. The molecule has 0 spiro atoms. The second-order valence-electron chi connectivity index (χ2n) is 4.14. The number of halogens is 1. The monoisotopic (exact) mass is 316 g/mol. The van der Waals surface area contributed by atoms with E-state index in [1.165, 1.54) is 0 Å². The summed E-state index contributed by atoms with van der Waals surface area (Å²) in [6.07, 6.45) is 0. The van der Waals surface area contributed by atoms with E-state index >= 15 is 0 Å². The van der Waals surface area contributed by atoms with Crippen LogP contribution in [0.15, 0.2) is 48.5 Å². The van der Waals surface area contributed by atoms with Crippen molar-refractivity contribution in [1.29, 1.82) is 0 Å². The van der Waals surface area contributed by atoms with Crippen molar-refractivity contribution in [2.75, 3.05) is 11.9 Å². The SMILES string of the molecule is BrCCOc1ccccc1-c1nc2ccccc2[nH]1. The number of alkyl halides is 1. The first-order valence-electron chi connectivity index (χ1n) is 6.11. The predicted molar refractivity (Wildman–Crippen MR) is 80.8 cm³/mol. The number of imidazole rings is 1. The molecule has 0 atom stereocenters. The summed E-state index contributed by atoms with van der Waals surface area (Å²) >= 11 is 3.37. The normalized spacial score (nSPS) is 10.8. The molecule has 1 N–H and O–H groups in total. The largest absolute Gasteiger partial charge is 0.492 e. The molecule has 4 heteroatoms. The molecule has 0 unspecified atom stereocenters. The number of rotatable bonds is 4. The maximum Gasteiger partial charge on any atom is 0.142 e. The summed E-state index contributed by atoms with van der Waals surface area (Å²) < 4.78 is 5.73. The summed E-state index contributed by atoms with van der Waals surface area (Å²) in [5.41, 5.74) is 2.99. The van der Waals surface area contributed by atoms with Gasteiger partial charge in [-0.15, -0.1) is 0 Å². The van der Waals surface area contributed by atoms with Crippen LogP contribution in [-0.2, 0) is 0 Å². The van der Waals surface area contributed by atoms with Gasteiger partial charge in [-0.2, -0.15) is 0 Å². The highest BCUT2D eigenvalue weighted by atomic mass is 79.9. The first-order valence-corrected chi connectivity index (χ1v) is 7.23. The van der Waals surface area contributed by atoms with E-state index in [9.17, 15) is 0 Å². The van der Waals surface area contributed by atoms with Gasteiger partial charge in [0.2, 0.25) is 0 Å². The molecule has 3 nitrogen and oxygen atoms in total. The number of H-pyrrole nitrogens is 1. The zero-order chi connectivity index (χ0) is 13.1. The zero-order valence-electron chi connectivity index (χ0n) is 10.3. The van der Waals surface area contributed by atoms with Gasteiger partial charge in [0.05, 0.1) is 23.2 Å². The van der Waals surface area contributed by atoms with E-state index in [1.54, 1.807) is 0 Å². The summed E-state index contributed by atoms with van der Waals surface area (Å²) in [5, 5.41) is 0.807. The lowest BCUT2D eigenvalue weighted by atomic mass is 10.2. The number of ether oxygens (including phenoxy) is 1. The number of nitrogens with one attached hydrogen (secondary N) is 1. The maximum atomic E-state index is 5.73. The number of aromatic nitrogens is 2. The molecular formula is C15H13BrN2O. The van der Waals surface area contributed by atoms with E-state index in [4.69, 9.17) is 4.74 Å². The van der Waals surface area contributed by atoms with Crippen LogP contribution in [0.2, 0.25) is 0 Å². The van der Waals surface area contributed by atoms with Crippen molar-refractivity contribution in [2.24, 2.45) is 0 Å². The number of hydrogen-bond acceptors (Lipinski definition) is 2. The molecule has 96 valence electrons. The summed E-state index contributed by atoms with van der Waals surface area (Å²) in [7, 11) is 0. The molecule has 0 radical (unpaired) electrons. The van der Waals surface area contributed by atoms with E-state index in [-0.39, 0.29) is 0 Å². The Balaban J connectivity index is 2.05. The smallest absolute Gasteiger partial charge is 0.142 e. The second-order valence-corrected chi connectivity index (χ2v) is 4.93. The van der Waals surface area contributed by atoms with Crippen LogP contribution in [0.3, 0.4) is 0 Å². The van der Waals surface area contributed by atoms with Gasteiger partial charge in [0.25, 0.3) is 0 Å². The average Bonchev–Trinajstić information content (AvgIpc) is 2.89. The molecule has 0 aliphatic heterocycles. The topological polar surface area (TPSA) is 37.9 Å². The van der Waals surface area contributed by atoms with Crippen molar-refractivity contribution >= 4 is 27.0 Å². The Morgan fingerprint density at radius 2 is 1.84 bits per heavy atom. The fraction of sp³-hybridized carbons (Fsp3) is 0.133. The van der Waals surface area contributed by atoms with Gasteiger partial charge in [-0.05, 0) is 24.3 Å². The van der Waals surface area contributed by atoms with Gasteiger partial charge in [-0.25, -0.2) is 4.98 Å². The highest BCUT2D eigenvalue weighted by Gasteiger charge is 2.09. The minimum absolute atomic E-state index is 0.636. The van der Waals surface area contributed by atoms with Gasteiger partial charge in [-0.1, -0.05) is 40.2 Å². The Morgan fingerprint density at radius 1 is 1.05 bits per heavy atom. The van der Waals surface area contributed by atoms with Gasteiger partial charge in [0.1, 0.15) is 11.6 Å². The lowest BCUT2D eigenvalue weighted by Gasteiger charge is -2.08. The lowest BCUT2D eigenvalue weighted by Crippen LogP contribution is -1.99. The Bertz CT molecular complexity index is 660. The van der Waals surface area contributed by atoms with Crippen LogP contribution in [-0.4, -0.2) is 21.9 Å². The van der Waals surface area contributed by atoms with Crippen LogP contribution in [0.4, 0.5) is 0 Å². The summed E-state index contributed by atoms with van der Waals surface area (Å²) in [5.74, 6) is 1.69. The fourth-order valence-electron chi connectivity index (χ4n) is 2.02. The molecule has 1 aromatic heterocycles. The van der Waals surface area contributed by atoms with Crippen LogP contribution in [0, 0.1) is 0 Å². The molecule has 3 rings (SSSR count). The van der Waals surface area contributed by atoms with Crippen molar-refractivity contribution in [2.45, 2.75) is 0 Å². The Kier molecular flexibility index (Phi) is 3.51. The molecule has 0 aliphatic carbocycles. The predicted octanol–water partition coefficient (Wildman–Crippen LogP) is 4.00. The van der Waals surface area contributed by atoms with Crippen LogP contribution >= 0.6 is 15.9 Å². The van der Waals surface area contributed by atoms with Crippen molar-refractivity contribution in [3.8, 4) is 17.1 Å². The third-order valence-corrected chi connectivity index (χ3v) is 3.19. The van der Waals surface area contributed by atoms with Crippen molar-refractivity contribution in [3.05, 3.63) is 48.5 Å². The molecule has 0 bridgehead atoms. The Labute approximate surface area is 119 Å². The quantitative estimate of drug-likeness (QED) is 0.739. The molecule has 1 heterocycles. The van der Waals surface area contributed by atoms with Gasteiger partial charge >= 0.3 is 0 Å². The molecule has 3 aromatic rings. The fourth-order valence-corrected chi connectivity index (χ4v) is 2.18. The summed E-state index contributed by atoms with van der Waals surface area (Å²) in [4.78, 5) is 7.93. The van der Waals surface area contributed by atoms with Crippen LogP contribution < -0.4 is 4.74 Å². The number of benzene rings is 2. The molecule has 0 saturated heterocycles. The molecule has 2 aromatic carbocycles. The third kappa shape index (κ3) is 2.49. The van der Waals surface area contributed by atoms with E-state index < -0.39 is 0 Å². The molecule has 19 heavy (non-hydrogen) atoms. The minimum atomic E-state index is 0.636. The number of hydrogen-bond donors (Lipinski definition) is 1. The number of nitrogens with zero attached hydrogens (tertiary/aromatic N) is 1. The van der Waals surface area contributed by atoms with Gasteiger partial charge < -0.3 is 9.72 Å². The minimum Gasteiger partial charge on any atom is -0.492 e. The summed E-state index contributed by atoms with van der Waals surface area (Å²) in [6.45, 7) is 0.636. The number of para-hydroxylation sites is 3. The van der Waals surface area contributed by atoms with E-state index in [1.807, 2.05) is 48.5 Å². The van der Waals surface area contributed by atoms with Crippen molar-refractivity contribution in [3.63, 3.8) is 0 Å². The van der Waals surface area contributed by atoms with Crippen LogP contribution in [0.1, 0.15) is 0 Å².